The fraction of sp³-hybridized carbons (Fsp3) is 0.941. The van der Waals surface area contributed by atoms with Crippen LogP contribution in [0.1, 0.15) is 65.2 Å². The number of ether oxygens (including phenoxy) is 1. The van der Waals surface area contributed by atoms with E-state index in [1.165, 1.54) is 19.3 Å². The summed E-state index contributed by atoms with van der Waals surface area (Å²) in [6.45, 7) is 4.98. The average molecular weight is 281 g/mol. The van der Waals surface area contributed by atoms with Crippen molar-refractivity contribution in [3.8, 4) is 0 Å². The van der Waals surface area contributed by atoms with Gasteiger partial charge in [-0.3, -0.25) is 9.69 Å². The zero-order valence-electron chi connectivity index (χ0n) is 13.7. The second-order valence-electron chi connectivity index (χ2n) is 7.17. The summed E-state index contributed by atoms with van der Waals surface area (Å²) in [4.78, 5) is 15.1. The maximum absolute atomic E-state index is 13.0. The van der Waals surface area contributed by atoms with Crippen molar-refractivity contribution in [1.82, 2.24) is 4.90 Å². The van der Waals surface area contributed by atoms with E-state index in [9.17, 15) is 4.79 Å². The Hall–Kier alpha value is -0.410. The minimum absolute atomic E-state index is 0.0256. The zero-order valence-corrected chi connectivity index (χ0v) is 13.7. The first kappa shape index (κ1) is 16.0. The van der Waals surface area contributed by atoms with Gasteiger partial charge in [-0.1, -0.05) is 26.2 Å². The van der Waals surface area contributed by atoms with Crippen LogP contribution in [0, 0.1) is 5.92 Å². The fourth-order valence-electron chi connectivity index (χ4n) is 3.95. The summed E-state index contributed by atoms with van der Waals surface area (Å²) in [6.07, 6.45) is 8.90. The van der Waals surface area contributed by atoms with Crippen molar-refractivity contribution < 1.29 is 9.53 Å². The van der Waals surface area contributed by atoms with Crippen molar-refractivity contribution in [3.05, 3.63) is 0 Å². The van der Waals surface area contributed by atoms with Gasteiger partial charge in [0.2, 0.25) is 0 Å². The molecule has 2 aliphatic rings. The molecule has 1 heterocycles. The summed E-state index contributed by atoms with van der Waals surface area (Å²) in [5, 5.41) is 0. The average Bonchev–Trinajstić information content (AvgIpc) is 2.46. The lowest BCUT2D eigenvalue weighted by molar-refractivity contribution is -0.151. The number of hydrogen-bond donors (Lipinski definition) is 0. The molecular weight excluding hydrogens is 250 g/mol. The molecule has 1 aliphatic heterocycles. The smallest absolute Gasteiger partial charge is 0.156 e. The molecule has 0 bridgehead atoms. The Kier molecular flexibility index (Phi) is 4.91. The molecule has 1 saturated carbocycles. The van der Waals surface area contributed by atoms with Crippen molar-refractivity contribution in [3.63, 3.8) is 0 Å². The quantitative estimate of drug-likeness (QED) is 0.791. The van der Waals surface area contributed by atoms with Gasteiger partial charge in [0, 0.05) is 12.5 Å². The summed E-state index contributed by atoms with van der Waals surface area (Å²) < 4.78 is 6.13. The molecule has 0 radical (unpaired) electrons. The molecule has 20 heavy (non-hydrogen) atoms. The van der Waals surface area contributed by atoms with Gasteiger partial charge in [0.25, 0.3) is 0 Å². The van der Waals surface area contributed by atoms with Crippen molar-refractivity contribution in [1.29, 1.82) is 0 Å². The summed E-state index contributed by atoms with van der Waals surface area (Å²) >= 11 is 0. The van der Waals surface area contributed by atoms with Gasteiger partial charge in [-0.15, -0.1) is 0 Å². The van der Waals surface area contributed by atoms with Crippen LogP contribution < -0.4 is 0 Å². The molecule has 2 rings (SSSR count). The molecule has 0 aromatic heterocycles. The molecule has 1 saturated heterocycles. The Labute approximate surface area is 124 Å². The fourth-order valence-corrected chi connectivity index (χ4v) is 3.95. The van der Waals surface area contributed by atoms with Gasteiger partial charge < -0.3 is 4.74 Å². The van der Waals surface area contributed by atoms with E-state index in [1.807, 2.05) is 14.1 Å². The second-order valence-corrected chi connectivity index (χ2v) is 7.17. The van der Waals surface area contributed by atoms with E-state index in [0.29, 0.717) is 5.78 Å². The Bertz CT molecular complexity index is 341. The Morgan fingerprint density at radius 2 is 1.95 bits per heavy atom. The van der Waals surface area contributed by atoms with Crippen LogP contribution in [0.4, 0.5) is 0 Å². The molecule has 2 unspecified atom stereocenters. The first-order valence-corrected chi connectivity index (χ1v) is 8.29. The zero-order chi connectivity index (χ0) is 14.8. The van der Waals surface area contributed by atoms with Crippen LogP contribution in [0.3, 0.4) is 0 Å². The molecule has 3 heteroatoms. The predicted molar refractivity (Wildman–Crippen MR) is 81.9 cm³/mol. The first-order chi connectivity index (χ1) is 9.43. The minimum atomic E-state index is -0.322. The highest BCUT2D eigenvalue weighted by molar-refractivity contribution is 5.90. The number of rotatable bonds is 4. The normalized spacial score (nSPS) is 29.4. The predicted octanol–water partition coefficient (Wildman–Crippen LogP) is 3.42. The topological polar surface area (TPSA) is 29.5 Å². The SMILES string of the molecule is CCC(C)(C(=O)C1CCOC2(CCCCC2)C1)N(C)C. The van der Waals surface area contributed by atoms with Gasteiger partial charge in [0.05, 0.1) is 11.1 Å². The number of carbonyl (C=O) groups is 1. The summed E-state index contributed by atoms with van der Waals surface area (Å²) in [7, 11) is 4.05. The number of likely N-dealkylation sites (N-methyl/N-ethyl adjacent to an activating group) is 1. The van der Waals surface area contributed by atoms with Crippen LogP contribution >= 0.6 is 0 Å². The van der Waals surface area contributed by atoms with Gasteiger partial charge in [-0.05, 0) is 53.1 Å². The molecule has 1 aliphatic carbocycles. The van der Waals surface area contributed by atoms with E-state index >= 15 is 0 Å². The van der Waals surface area contributed by atoms with E-state index in [4.69, 9.17) is 4.74 Å². The second kappa shape index (κ2) is 6.15. The summed E-state index contributed by atoms with van der Waals surface area (Å²) in [5.41, 5.74) is -0.296. The Morgan fingerprint density at radius 1 is 1.30 bits per heavy atom. The number of carbonyl (C=O) groups excluding carboxylic acids is 1. The van der Waals surface area contributed by atoms with Crippen molar-refractivity contribution >= 4 is 5.78 Å². The van der Waals surface area contributed by atoms with Gasteiger partial charge in [0.1, 0.15) is 0 Å². The minimum Gasteiger partial charge on any atom is -0.375 e. The van der Waals surface area contributed by atoms with Crippen LogP contribution in [0.2, 0.25) is 0 Å². The standard InChI is InChI=1S/C17H31NO2/c1-5-16(2,18(3)4)15(19)14-9-12-20-17(13-14)10-7-6-8-11-17/h14H,5-13H2,1-4H3. The first-order valence-electron chi connectivity index (χ1n) is 8.29. The highest BCUT2D eigenvalue weighted by Gasteiger charge is 2.45. The number of ketones is 1. The molecule has 0 aromatic carbocycles. The third-order valence-corrected chi connectivity index (χ3v) is 5.83. The maximum Gasteiger partial charge on any atom is 0.156 e. The molecule has 0 aromatic rings. The van der Waals surface area contributed by atoms with Crippen LogP contribution in [0.25, 0.3) is 0 Å². The summed E-state index contributed by atoms with van der Waals surface area (Å²) in [5.74, 6) is 0.618. The third-order valence-electron chi connectivity index (χ3n) is 5.83. The maximum atomic E-state index is 13.0. The Balaban J connectivity index is 2.10. The van der Waals surface area contributed by atoms with Gasteiger partial charge in [-0.2, -0.15) is 0 Å². The van der Waals surface area contributed by atoms with E-state index in [2.05, 4.69) is 18.7 Å². The Morgan fingerprint density at radius 3 is 2.50 bits per heavy atom. The number of nitrogens with zero attached hydrogens (tertiary/aromatic N) is 1. The molecule has 0 N–H and O–H groups in total. The molecular formula is C17H31NO2. The molecule has 116 valence electrons. The lowest BCUT2D eigenvalue weighted by Gasteiger charge is -2.45. The van der Waals surface area contributed by atoms with Crippen LogP contribution in [0.5, 0.6) is 0 Å². The lowest BCUT2D eigenvalue weighted by atomic mass is 9.71. The van der Waals surface area contributed by atoms with E-state index in [0.717, 1.165) is 38.7 Å². The largest absolute Gasteiger partial charge is 0.375 e. The van der Waals surface area contributed by atoms with Crippen molar-refractivity contribution in [2.75, 3.05) is 20.7 Å². The molecule has 1 spiro atoms. The highest BCUT2D eigenvalue weighted by Crippen LogP contribution is 2.42. The third kappa shape index (κ3) is 2.94. The van der Waals surface area contributed by atoms with E-state index in [1.54, 1.807) is 0 Å². The van der Waals surface area contributed by atoms with Crippen LogP contribution in [0.15, 0.2) is 0 Å². The molecule has 0 amide bonds. The van der Waals surface area contributed by atoms with Gasteiger partial charge in [-0.25, -0.2) is 0 Å². The van der Waals surface area contributed by atoms with E-state index in [-0.39, 0.29) is 17.1 Å². The molecule has 3 nitrogen and oxygen atoms in total. The molecule has 2 fully saturated rings. The number of Topliss-reactive ketones (excluding diaryl/α,β-unsaturated/α-hetero) is 1. The van der Waals surface area contributed by atoms with Crippen molar-refractivity contribution in [2.45, 2.75) is 76.4 Å². The highest BCUT2D eigenvalue weighted by atomic mass is 16.5. The van der Waals surface area contributed by atoms with Crippen LogP contribution in [-0.2, 0) is 9.53 Å². The van der Waals surface area contributed by atoms with Gasteiger partial charge in [0.15, 0.2) is 5.78 Å². The van der Waals surface area contributed by atoms with Crippen molar-refractivity contribution in [2.24, 2.45) is 5.92 Å². The van der Waals surface area contributed by atoms with Crippen LogP contribution in [-0.4, -0.2) is 42.5 Å². The van der Waals surface area contributed by atoms with Gasteiger partial charge >= 0.3 is 0 Å². The lowest BCUT2D eigenvalue weighted by Crippen LogP contribution is -2.54. The monoisotopic (exact) mass is 281 g/mol. The van der Waals surface area contributed by atoms with E-state index < -0.39 is 0 Å². The number of hydrogen-bond acceptors (Lipinski definition) is 3. The molecule has 2 atom stereocenters. The summed E-state index contributed by atoms with van der Waals surface area (Å²) in [6, 6.07) is 0.